The van der Waals surface area contributed by atoms with Crippen molar-refractivity contribution in [3.05, 3.63) is 0 Å². The summed E-state index contributed by atoms with van der Waals surface area (Å²) in [7, 11) is 0. The van der Waals surface area contributed by atoms with E-state index in [1.54, 1.807) is 0 Å². The first-order valence-electron chi connectivity index (χ1n) is 6.66. The van der Waals surface area contributed by atoms with Crippen LogP contribution in [0.3, 0.4) is 0 Å². The molecule has 8 nitrogen and oxygen atoms in total. The van der Waals surface area contributed by atoms with Crippen LogP contribution in [0.1, 0.15) is 32.1 Å². The van der Waals surface area contributed by atoms with Crippen LogP contribution in [0.2, 0.25) is 0 Å². The molecule has 0 aromatic rings. The topological polar surface area (TPSA) is 131 Å². The molecule has 0 bridgehead atoms. The van der Waals surface area contributed by atoms with Gasteiger partial charge in [-0.2, -0.15) is 0 Å². The summed E-state index contributed by atoms with van der Waals surface area (Å²) in [5.41, 5.74) is 4.95. The van der Waals surface area contributed by atoms with Gasteiger partial charge in [-0.3, -0.25) is 4.79 Å². The van der Waals surface area contributed by atoms with Gasteiger partial charge in [0.15, 0.2) is 0 Å². The predicted octanol–water partition coefficient (Wildman–Crippen LogP) is -0.427. The van der Waals surface area contributed by atoms with Gasteiger partial charge < -0.3 is 26.2 Å². The van der Waals surface area contributed by atoms with Gasteiger partial charge in [-0.05, 0) is 25.7 Å². The fourth-order valence-corrected chi connectivity index (χ4v) is 1.97. The fraction of sp³-hybridized carbons (Fsp3) is 0.750. The fourth-order valence-electron chi connectivity index (χ4n) is 1.97. The third kappa shape index (κ3) is 6.37. The number of rotatable bonds is 8. The van der Waals surface area contributed by atoms with Crippen molar-refractivity contribution in [2.75, 3.05) is 13.2 Å². The van der Waals surface area contributed by atoms with Crippen molar-refractivity contribution in [1.29, 1.82) is 0 Å². The summed E-state index contributed by atoms with van der Waals surface area (Å²) < 4.78 is 5.40. The molecule has 1 aliphatic rings. The molecule has 1 heterocycles. The number of urea groups is 1. The van der Waals surface area contributed by atoms with E-state index in [0.717, 1.165) is 19.4 Å². The van der Waals surface area contributed by atoms with E-state index in [1.165, 1.54) is 0 Å². The smallest absolute Gasteiger partial charge is 0.326 e. The van der Waals surface area contributed by atoms with E-state index < -0.39 is 23.9 Å². The Morgan fingerprint density at radius 2 is 2.15 bits per heavy atom. The highest BCUT2D eigenvalue weighted by Gasteiger charge is 2.21. The maximum absolute atomic E-state index is 11.5. The lowest BCUT2D eigenvalue weighted by atomic mass is 10.1. The summed E-state index contributed by atoms with van der Waals surface area (Å²) >= 11 is 0. The third-order valence-corrected chi connectivity index (χ3v) is 3.06. The molecular formula is C12H21N3O5. The number of carboxylic acids is 1. The number of nitrogens with one attached hydrogen (secondary N) is 2. The number of carboxylic acid groups (broad SMARTS) is 1. The summed E-state index contributed by atoms with van der Waals surface area (Å²) in [6.45, 7) is 1.17. The SMILES string of the molecule is NC(=O)CCC(NC(=O)NCCC1CCCO1)C(=O)O. The Morgan fingerprint density at radius 1 is 1.40 bits per heavy atom. The molecule has 3 amide bonds. The monoisotopic (exact) mass is 287 g/mol. The Morgan fingerprint density at radius 3 is 2.70 bits per heavy atom. The number of hydrogen-bond donors (Lipinski definition) is 4. The summed E-state index contributed by atoms with van der Waals surface area (Å²) in [5, 5.41) is 13.8. The van der Waals surface area contributed by atoms with Crippen LogP contribution in [0, 0.1) is 0 Å². The molecule has 114 valence electrons. The molecule has 0 aromatic carbocycles. The Labute approximate surface area is 117 Å². The highest BCUT2D eigenvalue weighted by molar-refractivity contribution is 5.83. The summed E-state index contributed by atoms with van der Waals surface area (Å²) in [6.07, 6.45) is 2.77. The minimum absolute atomic E-state index is 0.0240. The van der Waals surface area contributed by atoms with E-state index in [1.807, 2.05) is 0 Å². The lowest BCUT2D eigenvalue weighted by Crippen LogP contribution is -2.46. The molecule has 0 radical (unpaired) electrons. The highest BCUT2D eigenvalue weighted by atomic mass is 16.5. The van der Waals surface area contributed by atoms with Crippen molar-refractivity contribution in [1.82, 2.24) is 10.6 Å². The summed E-state index contributed by atoms with van der Waals surface area (Å²) in [4.78, 5) is 33.1. The molecule has 20 heavy (non-hydrogen) atoms. The zero-order chi connectivity index (χ0) is 15.0. The number of nitrogens with two attached hydrogens (primary N) is 1. The lowest BCUT2D eigenvalue weighted by molar-refractivity contribution is -0.139. The molecule has 2 unspecified atom stereocenters. The number of aliphatic carboxylic acids is 1. The van der Waals surface area contributed by atoms with Crippen molar-refractivity contribution in [2.45, 2.75) is 44.2 Å². The molecule has 1 rings (SSSR count). The van der Waals surface area contributed by atoms with Crippen molar-refractivity contribution in [2.24, 2.45) is 5.73 Å². The van der Waals surface area contributed by atoms with Crippen LogP contribution < -0.4 is 16.4 Å². The van der Waals surface area contributed by atoms with Crippen molar-refractivity contribution < 1.29 is 24.2 Å². The second kappa shape index (κ2) is 8.36. The average Bonchev–Trinajstić information content (AvgIpc) is 2.87. The lowest BCUT2D eigenvalue weighted by Gasteiger charge is -2.15. The van der Waals surface area contributed by atoms with Crippen LogP contribution in [0.25, 0.3) is 0 Å². The molecule has 8 heteroatoms. The zero-order valence-electron chi connectivity index (χ0n) is 11.3. The standard InChI is InChI=1S/C12H21N3O5/c13-10(16)4-3-9(11(17)18)15-12(19)14-6-5-8-2-1-7-20-8/h8-9H,1-7H2,(H2,13,16)(H,17,18)(H2,14,15,19). The first-order chi connectivity index (χ1) is 9.49. The minimum Gasteiger partial charge on any atom is -0.480 e. The molecule has 1 saturated heterocycles. The predicted molar refractivity (Wildman–Crippen MR) is 70.0 cm³/mol. The number of carbonyl (C=O) groups is 3. The van der Waals surface area contributed by atoms with Crippen molar-refractivity contribution in [3.8, 4) is 0 Å². The summed E-state index contributed by atoms with van der Waals surface area (Å²) in [5.74, 6) is -1.79. The van der Waals surface area contributed by atoms with Gasteiger partial charge in [0.25, 0.3) is 0 Å². The van der Waals surface area contributed by atoms with Gasteiger partial charge in [0, 0.05) is 19.6 Å². The molecule has 1 fully saturated rings. The van der Waals surface area contributed by atoms with Gasteiger partial charge in [-0.15, -0.1) is 0 Å². The summed E-state index contributed by atoms with van der Waals surface area (Å²) in [6, 6.07) is -1.69. The van der Waals surface area contributed by atoms with Gasteiger partial charge in [0.1, 0.15) is 6.04 Å². The Balaban J connectivity index is 2.22. The number of amides is 3. The van der Waals surface area contributed by atoms with E-state index in [9.17, 15) is 14.4 Å². The van der Waals surface area contributed by atoms with E-state index in [4.69, 9.17) is 15.6 Å². The molecule has 5 N–H and O–H groups in total. The first kappa shape index (κ1) is 16.2. The van der Waals surface area contributed by atoms with Gasteiger partial charge in [0.05, 0.1) is 6.10 Å². The van der Waals surface area contributed by atoms with Crippen LogP contribution in [0.4, 0.5) is 4.79 Å². The van der Waals surface area contributed by atoms with Crippen LogP contribution in [-0.2, 0) is 14.3 Å². The van der Waals surface area contributed by atoms with E-state index in [0.29, 0.717) is 13.0 Å². The van der Waals surface area contributed by atoms with Crippen LogP contribution in [-0.4, -0.2) is 48.3 Å². The Kier molecular flexibility index (Phi) is 6.78. The number of primary amides is 1. The third-order valence-electron chi connectivity index (χ3n) is 3.06. The molecule has 0 aliphatic carbocycles. The van der Waals surface area contributed by atoms with Crippen LogP contribution in [0.15, 0.2) is 0 Å². The first-order valence-corrected chi connectivity index (χ1v) is 6.66. The van der Waals surface area contributed by atoms with E-state index >= 15 is 0 Å². The van der Waals surface area contributed by atoms with Gasteiger partial charge >= 0.3 is 12.0 Å². The zero-order valence-corrected chi connectivity index (χ0v) is 11.3. The maximum Gasteiger partial charge on any atom is 0.326 e. The van der Waals surface area contributed by atoms with Gasteiger partial charge in [0.2, 0.25) is 5.91 Å². The Bertz CT molecular complexity index is 355. The van der Waals surface area contributed by atoms with Crippen LogP contribution in [0.5, 0.6) is 0 Å². The highest BCUT2D eigenvalue weighted by Crippen LogP contribution is 2.14. The molecular weight excluding hydrogens is 266 g/mol. The maximum atomic E-state index is 11.5. The van der Waals surface area contributed by atoms with Gasteiger partial charge in [-0.25, -0.2) is 9.59 Å². The van der Waals surface area contributed by atoms with E-state index in [2.05, 4.69) is 10.6 Å². The largest absolute Gasteiger partial charge is 0.480 e. The van der Waals surface area contributed by atoms with Crippen molar-refractivity contribution in [3.63, 3.8) is 0 Å². The minimum atomic E-state index is -1.19. The second-order valence-electron chi connectivity index (χ2n) is 4.72. The number of carbonyl (C=O) groups excluding carboxylic acids is 2. The number of hydrogen-bond acceptors (Lipinski definition) is 4. The van der Waals surface area contributed by atoms with Crippen LogP contribution >= 0.6 is 0 Å². The molecule has 0 saturated carbocycles. The second-order valence-corrected chi connectivity index (χ2v) is 4.72. The van der Waals surface area contributed by atoms with E-state index in [-0.39, 0.29) is 18.9 Å². The molecule has 0 spiro atoms. The average molecular weight is 287 g/mol. The quantitative estimate of drug-likeness (QED) is 0.481. The normalized spacial score (nSPS) is 19.3. The molecule has 2 atom stereocenters. The van der Waals surface area contributed by atoms with Crippen molar-refractivity contribution >= 4 is 17.9 Å². The van der Waals surface area contributed by atoms with Gasteiger partial charge in [-0.1, -0.05) is 0 Å². The molecule has 1 aliphatic heterocycles. The molecule has 0 aromatic heterocycles. The Hall–Kier alpha value is -1.83. The number of ether oxygens (including phenoxy) is 1.